The van der Waals surface area contributed by atoms with E-state index < -0.39 is 11.6 Å². The van der Waals surface area contributed by atoms with Crippen molar-refractivity contribution in [2.75, 3.05) is 13.1 Å². The molecule has 1 aromatic carbocycles. The first-order valence-electron chi connectivity index (χ1n) is 6.09. The van der Waals surface area contributed by atoms with Crippen LogP contribution >= 0.6 is 22.6 Å². The number of benzene rings is 1. The second kappa shape index (κ2) is 5.79. The van der Waals surface area contributed by atoms with Crippen molar-refractivity contribution in [1.82, 2.24) is 4.90 Å². The van der Waals surface area contributed by atoms with Gasteiger partial charge in [-0.15, -0.1) is 0 Å². The van der Waals surface area contributed by atoms with E-state index in [0.29, 0.717) is 16.0 Å². The quantitative estimate of drug-likeness (QED) is 0.659. The van der Waals surface area contributed by atoms with Crippen molar-refractivity contribution < 1.29 is 8.78 Å². The average Bonchev–Trinajstić information content (AvgIpc) is 2.78. The summed E-state index contributed by atoms with van der Waals surface area (Å²) in [6, 6.07) is 2.93. The zero-order chi connectivity index (χ0) is 13.3. The van der Waals surface area contributed by atoms with Crippen LogP contribution in [0.3, 0.4) is 0 Å². The first kappa shape index (κ1) is 14.1. The van der Waals surface area contributed by atoms with Crippen LogP contribution in [0.15, 0.2) is 12.1 Å². The number of nitrogens with zero attached hydrogens (tertiary/aromatic N) is 1. The van der Waals surface area contributed by atoms with E-state index in [1.54, 1.807) is 0 Å². The predicted octanol–water partition coefficient (Wildman–Crippen LogP) is 2.74. The minimum Gasteiger partial charge on any atom is -0.328 e. The molecule has 2 atom stereocenters. The summed E-state index contributed by atoms with van der Waals surface area (Å²) >= 11 is 1.89. The molecule has 2 rings (SSSR count). The number of halogens is 3. The molecule has 0 radical (unpaired) electrons. The Hall–Kier alpha value is -0.270. The Kier molecular flexibility index (Phi) is 4.55. The number of rotatable bonds is 3. The molecule has 1 aliphatic heterocycles. The Morgan fingerprint density at radius 3 is 2.83 bits per heavy atom. The molecule has 0 aromatic heterocycles. The third-order valence-corrected chi connectivity index (χ3v) is 4.41. The minimum absolute atomic E-state index is 0.139. The van der Waals surface area contributed by atoms with Gasteiger partial charge in [0.05, 0.1) is 0 Å². The molecule has 18 heavy (non-hydrogen) atoms. The van der Waals surface area contributed by atoms with Crippen molar-refractivity contribution >= 4 is 22.6 Å². The molecular formula is C13H17F2IN2. The van der Waals surface area contributed by atoms with Gasteiger partial charge in [0.2, 0.25) is 0 Å². The molecular weight excluding hydrogens is 349 g/mol. The third kappa shape index (κ3) is 3.00. The van der Waals surface area contributed by atoms with E-state index >= 15 is 0 Å². The summed E-state index contributed by atoms with van der Waals surface area (Å²) in [5, 5.41) is 0. The molecule has 0 spiro atoms. The van der Waals surface area contributed by atoms with Crippen molar-refractivity contribution in [2.45, 2.75) is 25.9 Å². The average molecular weight is 366 g/mol. The van der Waals surface area contributed by atoms with Gasteiger partial charge in [-0.3, -0.25) is 4.90 Å². The topological polar surface area (TPSA) is 29.3 Å². The van der Waals surface area contributed by atoms with E-state index in [-0.39, 0.29) is 11.6 Å². The van der Waals surface area contributed by atoms with Gasteiger partial charge in [0.25, 0.3) is 0 Å². The minimum atomic E-state index is -0.461. The lowest BCUT2D eigenvalue weighted by Gasteiger charge is -2.18. The summed E-state index contributed by atoms with van der Waals surface area (Å²) in [4.78, 5) is 2.08. The van der Waals surface area contributed by atoms with Crippen LogP contribution in [-0.4, -0.2) is 24.0 Å². The van der Waals surface area contributed by atoms with Gasteiger partial charge in [-0.2, -0.15) is 0 Å². The van der Waals surface area contributed by atoms with Crippen LogP contribution in [-0.2, 0) is 6.54 Å². The monoisotopic (exact) mass is 366 g/mol. The zero-order valence-electron chi connectivity index (χ0n) is 10.3. The van der Waals surface area contributed by atoms with E-state index in [1.165, 1.54) is 12.1 Å². The van der Waals surface area contributed by atoms with E-state index in [4.69, 9.17) is 5.73 Å². The molecule has 2 nitrogen and oxygen atoms in total. The van der Waals surface area contributed by atoms with Crippen LogP contribution in [0, 0.1) is 21.1 Å². The first-order chi connectivity index (χ1) is 8.49. The number of nitrogens with two attached hydrogens (primary N) is 1. The SMILES string of the molecule is CC(N)C1CCN(Cc2c(F)ccc(I)c2F)C1. The number of likely N-dealkylation sites (tertiary alicyclic amines) is 1. The normalized spacial score (nSPS) is 22.4. The van der Waals surface area contributed by atoms with Crippen molar-refractivity contribution in [3.05, 3.63) is 32.9 Å². The maximum Gasteiger partial charge on any atom is 0.143 e. The molecule has 5 heteroatoms. The molecule has 0 saturated carbocycles. The summed E-state index contributed by atoms with van der Waals surface area (Å²) in [5.41, 5.74) is 6.03. The Bertz CT molecular complexity index is 437. The Morgan fingerprint density at radius 2 is 2.22 bits per heavy atom. The fraction of sp³-hybridized carbons (Fsp3) is 0.538. The van der Waals surface area contributed by atoms with E-state index in [9.17, 15) is 8.78 Å². The molecule has 1 aliphatic rings. The van der Waals surface area contributed by atoms with Gasteiger partial charge in [0.1, 0.15) is 11.6 Å². The molecule has 1 fully saturated rings. The zero-order valence-corrected chi connectivity index (χ0v) is 12.5. The number of hydrogen-bond acceptors (Lipinski definition) is 2. The van der Waals surface area contributed by atoms with Gasteiger partial charge in [0, 0.05) is 28.3 Å². The van der Waals surface area contributed by atoms with Gasteiger partial charge in [0.15, 0.2) is 0 Å². The second-order valence-electron chi connectivity index (χ2n) is 4.96. The smallest absolute Gasteiger partial charge is 0.143 e. The predicted molar refractivity (Wildman–Crippen MR) is 76.1 cm³/mol. The molecule has 1 aromatic rings. The Labute approximate surface area is 120 Å². The van der Waals surface area contributed by atoms with Crippen LogP contribution in [0.2, 0.25) is 0 Å². The highest BCUT2D eigenvalue weighted by atomic mass is 127. The standard InChI is InChI=1S/C13H17F2IN2/c1-8(17)9-4-5-18(6-9)7-10-11(14)2-3-12(16)13(10)15/h2-3,8-9H,4-7,17H2,1H3. The molecule has 0 amide bonds. The fourth-order valence-corrected chi connectivity index (χ4v) is 2.88. The van der Waals surface area contributed by atoms with Crippen LogP contribution < -0.4 is 5.73 Å². The lowest BCUT2D eigenvalue weighted by atomic mass is 10.0. The molecule has 100 valence electrons. The fourth-order valence-electron chi connectivity index (χ4n) is 2.37. The molecule has 1 heterocycles. The molecule has 1 saturated heterocycles. The van der Waals surface area contributed by atoms with Gasteiger partial charge in [-0.1, -0.05) is 0 Å². The summed E-state index contributed by atoms with van der Waals surface area (Å²) in [7, 11) is 0. The van der Waals surface area contributed by atoms with E-state index in [2.05, 4.69) is 4.90 Å². The van der Waals surface area contributed by atoms with E-state index in [1.807, 2.05) is 29.5 Å². The van der Waals surface area contributed by atoms with Crippen LogP contribution in [0.5, 0.6) is 0 Å². The van der Waals surface area contributed by atoms with Crippen molar-refractivity contribution in [1.29, 1.82) is 0 Å². The Balaban J connectivity index is 2.09. The summed E-state index contributed by atoms with van der Waals surface area (Å²) < 4.78 is 28.0. The number of hydrogen-bond donors (Lipinski definition) is 1. The molecule has 2 unspecified atom stereocenters. The second-order valence-corrected chi connectivity index (χ2v) is 6.13. The van der Waals surface area contributed by atoms with Gasteiger partial charge < -0.3 is 5.73 Å². The third-order valence-electron chi connectivity index (χ3n) is 3.57. The maximum atomic E-state index is 13.9. The van der Waals surface area contributed by atoms with Crippen LogP contribution in [0.25, 0.3) is 0 Å². The lowest BCUT2D eigenvalue weighted by Crippen LogP contribution is -2.30. The first-order valence-corrected chi connectivity index (χ1v) is 7.17. The van der Waals surface area contributed by atoms with Crippen LogP contribution in [0.4, 0.5) is 8.78 Å². The van der Waals surface area contributed by atoms with Gasteiger partial charge in [-0.05, 0) is 60.5 Å². The molecule has 0 aliphatic carbocycles. The highest BCUT2D eigenvalue weighted by molar-refractivity contribution is 14.1. The van der Waals surface area contributed by atoms with Crippen molar-refractivity contribution in [3.8, 4) is 0 Å². The lowest BCUT2D eigenvalue weighted by molar-refractivity contribution is 0.298. The maximum absolute atomic E-state index is 13.9. The Morgan fingerprint density at radius 1 is 1.50 bits per heavy atom. The molecule has 2 N–H and O–H groups in total. The van der Waals surface area contributed by atoms with Gasteiger partial charge >= 0.3 is 0 Å². The van der Waals surface area contributed by atoms with E-state index in [0.717, 1.165) is 19.5 Å². The van der Waals surface area contributed by atoms with Crippen LogP contribution in [0.1, 0.15) is 18.9 Å². The van der Waals surface area contributed by atoms with Crippen molar-refractivity contribution in [3.63, 3.8) is 0 Å². The highest BCUT2D eigenvalue weighted by Gasteiger charge is 2.26. The molecule has 0 bridgehead atoms. The summed E-state index contributed by atoms with van der Waals surface area (Å²) in [6.07, 6.45) is 1.00. The largest absolute Gasteiger partial charge is 0.328 e. The van der Waals surface area contributed by atoms with Crippen molar-refractivity contribution in [2.24, 2.45) is 11.7 Å². The van der Waals surface area contributed by atoms with Gasteiger partial charge in [-0.25, -0.2) is 8.78 Å². The summed E-state index contributed by atoms with van der Waals surface area (Å²) in [6.45, 7) is 4.00. The highest BCUT2D eigenvalue weighted by Crippen LogP contribution is 2.24. The summed E-state index contributed by atoms with van der Waals surface area (Å²) in [5.74, 6) is -0.462.